The molecule has 0 spiro atoms. The van der Waals surface area contributed by atoms with Crippen LogP contribution in [0, 0.1) is 0 Å². The molecule has 510 valence electrons. The van der Waals surface area contributed by atoms with Gasteiger partial charge in [-0.2, -0.15) is 0 Å². The number of hydrogen-bond acceptors (Lipinski definition) is 20. The first-order valence-corrected chi connectivity index (χ1v) is 33.6. The van der Waals surface area contributed by atoms with E-state index in [9.17, 15) is 75.7 Å². The maximum atomic E-state index is 13.4. The van der Waals surface area contributed by atoms with Crippen molar-refractivity contribution in [3.05, 3.63) is 12.2 Å². The summed E-state index contributed by atoms with van der Waals surface area (Å²) in [6.07, 6.45) is 12.6. The monoisotopic (exact) mass is 1250 g/mol. The Morgan fingerprint density at radius 1 is 0.598 bits per heavy atom. The summed E-state index contributed by atoms with van der Waals surface area (Å²) in [5, 5.41) is 136. The van der Waals surface area contributed by atoms with Gasteiger partial charge in [-0.05, 0) is 19.3 Å². The Kier molecular flexibility index (Phi) is 41.3. The van der Waals surface area contributed by atoms with Crippen LogP contribution in [0.3, 0.4) is 0 Å². The molecule has 3 rings (SSSR count). The largest absolute Gasteiger partial charge is 0.477 e. The van der Waals surface area contributed by atoms with Crippen LogP contribution in [-0.4, -0.2) is 215 Å². The number of carbonyl (C=O) groups is 3. The van der Waals surface area contributed by atoms with E-state index in [1.807, 2.05) is 6.08 Å². The summed E-state index contributed by atoms with van der Waals surface area (Å²) in [6, 6.07) is -2.61. The van der Waals surface area contributed by atoms with Gasteiger partial charge in [-0.25, -0.2) is 4.79 Å². The van der Waals surface area contributed by atoms with Gasteiger partial charge in [0.2, 0.25) is 11.8 Å². The van der Waals surface area contributed by atoms with Crippen LogP contribution in [0.1, 0.15) is 239 Å². The normalized spacial score (nSPS) is 29.2. The van der Waals surface area contributed by atoms with Crippen LogP contribution in [0.15, 0.2) is 12.2 Å². The molecule has 3 saturated heterocycles. The molecule has 14 N–H and O–H groups in total. The van der Waals surface area contributed by atoms with Gasteiger partial charge in [-0.3, -0.25) is 9.59 Å². The Bertz CT molecular complexity index is 1820. The molecule has 23 nitrogen and oxygen atoms in total. The van der Waals surface area contributed by atoms with Gasteiger partial charge in [0, 0.05) is 19.8 Å². The quantitative estimate of drug-likeness (QED) is 0.0278. The van der Waals surface area contributed by atoms with E-state index < -0.39 is 155 Å². The highest BCUT2D eigenvalue weighted by molar-refractivity contribution is 5.77. The van der Waals surface area contributed by atoms with E-state index >= 15 is 0 Å². The molecule has 0 aliphatic carbocycles. The lowest BCUT2D eigenvalue weighted by Gasteiger charge is -2.50. The molecule has 23 heteroatoms. The molecular formula is C64H118N2O21. The van der Waals surface area contributed by atoms with Crippen LogP contribution in [-0.2, 0) is 42.8 Å². The summed E-state index contributed by atoms with van der Waals surface area (Å²) >= 11 is 0. The topological polar surface area (TPSA) is 373 Å². The van der Waals surface area contributed by atoms with Crippen LogP contribution in [0.25, 0.3) is 0 Å². The van der Waals surface area contributed by atoms with Crippen molar-refractivity contribution in [2.75, 3.05) is 26.4 Å². The smallest absolute Gasteiger partial charge is 0.364 e. The zero-order chi connectivity index (χ0) is 64.0. The third-order valence-electron chi connectivity index (χ3n) is 17.2. The number of amides is 2. The number of aliphatic hydroxyl groups excluding tert-OH is 11. The van der Waals surface area contributed by atoms with Crippen molar-refractivity contribution in [3.8, 4) is 0 Å². The van der Waals surface area contributed by atoms with Gasteiger partial charge in [-0.1, -0.05) is 212 Å². The molecule has 0 aromatic heterocycles. The van der Waals surface area contributed by atoms with E-state index in [2.05, 4.69) is 24.5 Å². The van der Waals surface area contributed by atoms with Gasteiger partial charge in [0.1, 0.15) is 67.1 Å². The second-order valence-corrected chi connectivity index (χ2v) is 24.7. The molecule has 0 aromatic rings. The Hall–Kier alpha value is -2.53. The number of hydrogen-bond donors (Lipinski definition) is 14. The van der Waals surface area contributed by atoms with Crippen LogP contribution < -0.4 is 10.6 Å². The average molecular weight is 1250 g/mol. The van der Waals surface area contributed by atoms with Crippen LogP contribution in [0.2, 0.25) is 0 Å². The maximum absolute atomic E-state index is 13.4. The predicted molar refractivity (Wildman–Crippen MR) is 325 cm³/mol. The second-order valence-electron chi connectivity index (χ2n) is 24.7. The number of nitrogens with one attached hydrogen (secondary N) is 2. The van der Waals surface area contributed by atoms with Gasteiger partial charge >= 0.3 is 5.97 Å². The van der Waals surface area contributed by atoms with Crippen molar-refractivity contribution in [1.82, 2.24) is 10.6 Å². The minimum atomic E-state index is -3.08. The summed E-state index contributed by atoms with van der Waals surface area (Å²) in [5.74, 6) is -6.14. The second kappa shape index (κ2) is 45.7. The molecule has 0 saturated carbocycles. The van der Waals surface area contributed by atoms with Gasteiger partial charge in [-0.15, -0.1) is 0 Å². The van der Waals surface area contributed by atoms with Crippen molar-refractivity contribution in [1.29, 1.82) is 0 Å². The first-order valence-electron chi connectivity index (χ1n) is 33.6. The number of allylic oxidation sites excluding steroid dienone is 1. The zero-order valence-corrected chi connectivity index (χ0v) is 52.9. The summed E-state index contributed by atoms with van der Waals surface area (Å²) in [4.78, 5) is 38.5. The lowest BCUT2D eigenvalue weighted by atomic mass is 9.88. The minimum Gasteiger partial charge on any atom is -0.477 e. The average Bonchev–Trinajstić information content (AvgIpc) is 1.65. The minimum absolute atomic E-state index is 0.205. The Morgan fingerprint density at radius 3 is 1.53 bits per heavy atom. The van der Waals surface area contributed by atoms with E-state index in [0.29, 0.717) is 12.8 Å². The molecule has 0 radical (unpaired) electrons. The van der Waals surface area contributed by atoms with Crippen LogP contribution in [0.4, 0.5) is 0 Å². The third-order valence-corrected chi connectivity index (χ3v) is 17.2. The van der Waals surface area contributed by atoms with Gasteiger partial charge in [0.25, 0.3) is 5.79 Å². The molecule has 18 atom stereocenters. The van der Waals surface area contributed by atoms with E-state index in [1.54, 1.807) is 6.08 Å². The molecule has 2 amide bonds. The third kappa shape index (κ3) is 28.9. The van der Waals surface area contributed by atoms with Gasteiger partial charge in [0.15, 0.2) is 12.6 Å². The number of unbranched alkanes of at least 4 members (excludes halogenated alkanes) is 30. The zero-order valence-electron chi connectivity index (χ0n) is 52.9. The highest BCUT2D eigenvalue weighted by Gasteiger charge is 2.60. The predicted octanol–water partition coefficient (Wildman–Crippen LogP) is 5.12. The van der Waals surface area contributed by atoms with Crippen molar-refractivity contribution < 1.29 is 104 Å². The number of aliphatic hydroxyl groups is 11. The standard InChI is InChI=1S/C64H118N2O21/c1-4-6-8-10-12-14-16-18-19-20-21-22-23-24-26-28-30-32-34-36-38-51(74)66-45(46(71)37-35-33-31-29-27-25-17-15-13-11-9-7-5-2)43-82-61-56(78)55(77)58(50(42-69)84-61)85-62-57(79)60(54(76)49(41-68)83-62)87-64(63(80)81)39-47(72)52(65-44(3)70)59(86-64)53(75)48(73)40-67/h35,37,45-50,52-62,67-69,71-73,75-79H,4-34,36,38-43H2,1-3H3,(H,65,70)(H,66,74)(H,80,81)/t45-,46+,47-,48+,49+,50+,52+,53+,54-,55+,56+,57+,58+,59+,60-,61+,62-,64-/m0/s1. The molecule has 3 heterocycles. The summed E-state index contributed by atoms with van der Waals surface area (Å²) in [6.45, 7) is 2.13. The number of rotatable bonds is 50. The summed E-state index contributed by atoms with van der Waals surface area (Å²) in [7, 11) is 0. The lowest BCUT2D eigenvalue weighted by Crippen LogP contribution is -2.70. The van der Waals surface area contributed by atoms with E-state index in [4.69, 9.17) is 28.4 Å². The fourth-order valence-corrected chi connectivity index (χ4v) is 11.8. The van der Waals surface area contributed by atoms with Crippen molar-refractivity contribution in [3.63, 3.8) is 0 Å². The molecule has 3 fully saturated rings. The number of carboxylic acid groups (broad SMARTS) is 1. The van der Waals surface area contributed by atoms with Gasteiger partial charge < -0.3 is 100 Å². The van der Waals surface area contributed by atoms with Crippen molar-refractivity contribution in [2.24, 2.45) is 0 Å². The summed E-state index contributed by atoms with van der Waals surface area (Å²) in [5.41, 5.74) is 0. The molecule has 3 aliphatic rings. The fourth-order valence-electron chi connectivity index (χ4n) is 11.8. The van der Waals surface area contributed by atoms with Crippen LogP contribution >= 0.6 is 0 Å². The number of carbonyl (C=O) groups excluding carboxylic acids is 2. The van der Waals surface area contributed by atoms with E-state index in [0.717, 1.165) is 51.9 Å². The number of ether oxygens (including phenoxy) is 6. The maximum Gasteiger partial charge on any atom is 0.364 e. The highest BCUT2D eigenvalue weighted by Crippen LogP contribution is 2.39. The number of aliphatic carboxylic acids is 1. The molecular weight excluding hydrogens is 1130 g/mol. The molecule has 0 bridgehead atoms. The summed E-state index contributed by atoms with van der Waals surface area (Å²) < 4.78 is 34.7. The van der Waals surface area contributed by atoms with Gasteiger partial charge in [0.05, 0.1) is 50.7 Å². The Labute approximate surface area is 518 Å². The lowest BCUT2D eigenvalue weighted by molar-refractivity contribution is -0.386. The molecule has 3 aliphatic heterocycles. The molecule has 0 aromatic carbocycles. The first kappa shape index (κ1) is 78.7. The number of carboxylic acids is 1. The Morgan fingerprint density at radius 2 is 1.07 bits per heavy atom. The molecule has 87 heavy (non-hydrogen) atoms. The highest BCUT2D eigenvalue weighted by atomic mass is 16.8. The van der Waals surface area contributed by atoms with Crippen molar-refractivity contribution in [2.45, 2.75) is 349 Å². The SMILES string of the molecule is CCCCCCCCCCCCCC=C[C@@H](O)[C@H](CO[C@@H]1O[C@H](CO)[C@@H](O[C@@H]2O[C@H](CO)[C@H](O)[C@H](O[C@]3(C(=O)O)C[C@H](O)[C@@H](NC(C)=O)[C@H]([C@H](O)[C@H](O)CO)O3)[C@H]2O)[C@H](O)[C@H]1O)NC(=O)CCCCCCCCCCCCCCCCCCCCCC. The van der Waals surface area contributed by atoms with Crippen LogP contribution in [0.5, 0.6) is 0 Å². The Balaban J connectivity index is 1.61. The van der Waals surface area contributed by atoms with E-state index in [1.165, 1.54) is 148 Å². The fraction of sp³-hybridized carbons (Fsp3) is 0.922. The van der Waals surface area contributed by atoms with E-state index in [-0.39, 0.29) is 12.3 Å². The first-order chi connectivity index (χ1) is 41.9. The van der Waals surface area contributed by atoms with Crippen molar-refractivity contribution >= 4 is 17.8 Å². The molecule has 0 unspecified atom stereocenters.